The standard InChI is InChI=1S/C9H19NO2/c1-2-5-8(9(11)12)6-3-4-7-10/h8H,2-7,10H2,1H3,(H,11,12). The smallest absolute Gasteiger partial charge is 0.306 e. The first-order valence-corrected chi connectivity index (χ1v) is 4.65. The monoisotopic (exact) mass is 173 g/mol. The van der Waals surface area contributed by atoms with Gasteiger partial charge in [-0.25, -0.2) is 0 Å². The second kappa shape index (κ2) is 7.10. The summed E-state index contributed by atoms with van der Waals surface area (Å²) in [5.41, 5.74) is 5.32. The van der Waals surface area contributed by atoms with Gasteiger partial charge in [-0.15, -0.1) is 0 Å². The molecule has 3 N–H and O–H groups in total. The van der Waals surface area contributed by atoms with Gasteiger partial charge in [0.15, 0.2) is 0 Å². The molecule has 0 bridgehead atoms. The molecular formula is C9H19NO2. The summed E-state index contributed by atoms with van der Waals surface area (Å²) in [5.74, 6) is -0.810. The number of hydrogen-bond acceptors (Lipinski definition) is 2. The highest BCUT2D eigenvalue weighted by molar-refractivity contribution is 5.69. The van der Waals surface area contributed by atoms with Gasteiger partial charge in [-0.3, -0.25) is 4.79 Å². The van der Waals surface area contributed by atoms with Crippen molar-refractivity contribution in [2.75, 3.05) is 6.54 Å². The lowest BCUT2D eigenvalue weighted by Crippen LogP contribution is -2.13. The molecule has 0 aliphatic heterocycles. The molecule has 0 aromatic carbocycles. The van der Waals surface area contributed by atoms with Crippen molar-refractivity contribution in [3.63, 3.8) is 0 Å². The van der Waals surface area contributed by atoms with Crippen LogP contribution in [-0.2, 0) is 4.79 Å². The molecule has 0 saturated carbocycles. The van der Waals surface area contributed by atoms with Crippen LogP contribution in [0.5, 0.6) is 0 Å². The van der Waals surface area contributed by atoms with Gasteiger partial charge in [0.25, 0.3) is 0 Å². The van der Waals surface area contributed by atoms with Crippen LogP contribution in [0.4, 0.5) is 0 Å². The Kier molecular flexibility index (Phi) is 6.76. The summed E-state index contributed by atoms with van der Waals surface area (Å²) in [4.78, 5) is 10.7. The summed E-state index contributed by atoms with van der Waals surface area (Å²) in [6, 6.07) is 0. The average Bonchev–Trinajstić information content (AvgIpc) is 2.03. The van der Waals surface area contributed by atoms with Gasteiger partial charge in [0.05, 0.1) is 5.92 Å². The third-order valence-electron chi connectivity index (χ3n) is 1.99. The summed E-state index contributed by atoms with van der Waals surface area (Å²) in [6.45, 7) is 2.68. The summed E-state index contributed by atoms with van der Waals surface area (Å²) >= 11 is 0. The van der Waals surface area contributed by atoms with Crippen molar-refractivity contribution >= 4 is 5.97 Å². The van der Waals surface area contributed by atoms with Crippen LogP contribution in [0.1, 0.15) is 39.0 Å². The molecule has 0 aromatic rings. The molecule has 1 atom stereocenters. The molecule has 12 heavy (non-hydrogen) atoms. The van der Waals surface area contributed by atoms with Crippen molar-refractivity contribution in [2.45, 2.75) is 39.0 Å². The second-order valence-electron chi connectivity index (χ2n) is 3.11. The first-order valence-electron chi connectivity index (χ1n) is 4.65. The molecule has 0 aliphatic rings. The Labute approximate surface area is 74.0 Å². The van der Waals surface area contributed by atoms with Crippen molar-refractivity contribution < 1.29 is 9.90 Å². The van der Waals surface area contributed by atoms with Crippen molar-refractivity contribution in [3.05, 3.63) is 0 Å². The SMILES string of the molecule is CCCC(CCCCN)C(=O)O. The predicted octanol–water partition coefficient (Wildman–Crippen LogP) is 1.62. The minimum Gasteiger partial charge on any atom is -0.481 e. The van der Waals surface area contributed by atoms with Crippen LogP contribution in [0.25, 0.3) is 0 Å². The number of nitrogens with two attached hydrogens (primary N) is 1. The van der Waals surface area contributed by atoms with Gasteiger partial charge in [-0.05, 0) is 25.8 Å². The summed E-state index contributed by atoms with van der Waals surface area (Å²) in [6.07, 6.45) is 4.39. The highest BCUT2D eigenvalue weighted by Gasteiger charge is 2.14. The Hall–Kier alpha value is -0.570. The van der Waals surface area contributed by atoms with E-state index in [0.29, 0.717) is 6.54 Å². The van der Waals surface area contributed by atoms with Crippen LogP contribution in [0.3, 0.4) is 0 Å². The summed E-state index contributed by atoms with van der Waals surface area (Å²) in [5, 5.41) is 8.77. The molecule has 0 spiro atoms. The molecule has 0 aromatic heterocycles. The van der Waals surface area contributed by atoms with E-state index in [-0.39, 0.29) is 5.92 Å². The minimum absolute atomic E-state index is 0.151. The number of hydrogen-bond donors (Lipinski definition) is 2. The van der Waals surface area contributed by atoms with Gasteiger partial charge in [0.1, 0.15) is 0 Å². The van der Waals surface area contributed by atoms with Gasteiger partial charge in [0.2, 0.25) is 0 Å². The minimum atomic E-state index is -0.658. The van der Waals surface area contributed by atoms with Gasteiger partial charge < -0.3 is 10.8 Å². The maximum Gasteiger partial charge on any atom is 0.306 e. The van der Waals surface area contributed by atoms with E-state index in [1.165, 1.54) is 0 Å². The predicted molar refractivity (Wildman–Crippen MR) is 48.9 cm³/mol. The zero-order valence-electron chi connectivity index (χ0n) is 7.75. The molecule has 0 saturated heterocycles. The highest BCUT2D eigenvalue weighted by atomic mass is 16.4. The van der Waals surface area contributed by atoms with E-state index in [1.807, 2.05) is 6.92 Å². The zero-order valence-corrected chi connectivity index (χ0v) is 7.75. The molecule has 1 unspecified atom stereocenters. The highest BCUT2D eigenvalue weighted by Crippen LogP contribution is 2.14. The van der Waals surface area contributed by atoms with Crippen LogP contribution >= 0.6 is 0 Å². The van der Waals surface area contributed by atoms with Crippen LogP contribution < -0.4 is 5.73 Å². The molecule has 72 valence electrons. The molecule has 3 nitrogen and oxygen atoms in total. The van der Waals surface area contributed by atoms with Gasteiger partial charge in [-0.1, -0.05) is 19.8 Å². The number of carbonyl (C=O) groups is 1. The van der Waals surface area contributed by atoms with E-state index in [2.05, 4.69) is 0 Å². The summed E-state index contributed by atoms with van der Waals surface area (Å²) in [7, 11) is 0. The van der Waals surface area contributed by atoms with E-state index in [4.69, 9.17) is 10.8 Å². The first-order chi connectivity index (χ1) is 5.72. The maximum atomic E-state index is 10.7. The van der Waals surface area contributed by atoms with Crippen molar-refractivity contribution in [2.24, 2.45) is 11.7 Å². The zero-order chi connectivity index (χ0) is 9.40. The Morgan fingerprint density at radius 3 is 2.50 bits per heavy atom. The van der Waals surface area contributed by atoms with Crippen LogP contribution in [0.2, 0.25) is 0 Å². The number of carboxylic acid groups (broad SMARTS) is 1. The Morgan fingerprint density at radius 1 is 1.42 bits per heavy atom. The van der Waals surface area contributed by atoms with Crippen LogP contribution in [-0.4, -0.2) is 17.6 Å². The summed E-state index contributed by atoms with van der Waals surface area (Å²) < 4.78 is 0. The van der Waals surface area contributed by atoms with E-state index < -0.39 is 5.97 Å². The maximum absolute atomic E-state index is 10.7. The fourth-order valence-electron chi connectivity index (χ4n) is 1.27. The molecule has 0 amide bonds. The van der Waals surface area contributed by atoms with Crippen LogP contribution in [0, 0.1) is 5.92 Å². The topological polar surface area (TPSA) is 63.3 Å². The third-order valence-corrected chi connectivity index (χ3v) is 1.99. The molecule has 3 heteroatoms. The Morgan fingerprint density at radius 2 is 2.08 bits per heavy atom. The fourth-order valence-corrected chi connectivity index (χ4v) is 1.27. The van der Waals surface area contributed by atoms with Crippen LogP contribution in [0.15, 0.2) is 0 Å². The Balaban J connectivity index is 3.56. The van der Waals surface area contributed by atoms with Crippen molar-refractivity contribution in [1.29, 1.82) is 0 Å². The molecule has 0 fully saturated rings. The number of rotatable bonds is 7. The molecule has 0 rings (SSSR count). The van der Waals surface area contributed by atoms with Gasteiger partial charge in [0, 0.05) is 0 Å². The van der Waals surface area contributed by atoms with Crippen molar-refractivity contribution in [1.82, 2.24) is 0 Å². The fraction of sp³-hybridized carbons (Fsp3) is 0.889. The third kappa shape index (κ3) is 5.13. The quantitative estimate of drug-likeness (QED) is 0.575. The van der Waals surface area contributed by atoms with E-state index in [9.17, 15) is 4.79 Å². The molecule has 0 aliphatic carbocycles. The molecule has 0 heterocycles. The molecule has 0 radical (unpaired) electrons. The Bertz CT molecular complexity index is 126. The first kappa shape index (κ1) is 11.4. The number of unbranched alkanes of at least 4 members (excludes halogenated alkanes) is 1. The number of carboxylic acids is 1. The lowest BCUT2D eigenvalue weighted by atomic mass is 9.97. The van der Waals surface area contributed by atoms with Crippen molar-refractivity contribution in [3.8, 4) is 0 Å². The van der Waals surface area contributed by atoms with E-state index in [0.717, 1.165) is 32.1 Å². The second-order valence-corrected chi connectivity index (χ2v) is 3.11. The van der Waals surface area contributed by atoms with E-state index in [1.54, 1.807) is 0 Å². The van der Waals surface area contributed by atoms with Gasteiger partial charge >= 0.3 is 5.97 Å². The lowest BCUT2D eigenvalue weighted by Gasteiger charge is -2.09. The molecular weight excluding hydrogens is 154 g/mol. The number of aliphatic carboxylic acids is 1. The van der Waals surface area contributed by atoms with Gasteiger partial charge in [-0.2, -0.15) is 0 Å². The average molecular weight is 173 g/mol. The van der Waals surface area contributed by atoms with E-state index >= 15 is 0 Å². The normalized spacial score (nSPS) is 12.8. The largest absolute Gasteiger partial charge is 0.481 e. The lowest BCUT2D eigenvalue weighted by molar-refractivity contribution is -0.142.